The van der Waals surface area contributed by atoms with Crippen LogP contribution in [-0.4, -0.2) is 11.7 Å². The van der Waals surface area contributed by atoms with E-state index >= 15 is 0 Å². The molecule has 0 heterocycles. The van der Waals surface area contributed by atoms with Gasteiger partial charge >= 0.3 is 0 Å². The van der Waals surface area contributed by atoms with Crippen LogP contribution < -0.4 is 11.1 Å². The van der Waals surface area contributed by atoms with E-state index in [0.717, 1.165) is 4.90 Å². The number of nitrogen functional groups attached to an aromatic ring is 1. The van der Waals surface area contributed by atoms with Gasteiger partial charge < -0.3 is 11.1 Å². The van der Waals surface area contributed by atoms with Crippen molar-refractivity contribution in [3.05, 3.63) is 53.8 Å². The van der Waals surface area contributed by atoms with Gasteiger partial charge in [0.2, 0.25) is 5.91 Å². The summed E-state index contributed by atoms with van der Waals surface area (Å²) in [7, 11) is 0. The van der Waals surface area contributed by atoms with Gasteiger partial charge in [-0.15, -0.1) is 11.8 Å². The lowest BCUT2D eigenvalue weighted by atomic mass is 10.2. The van der Waals surface area contributed by atoms with Gasteiger partial charge in [0.25, 0.3) is 0 Å². The first kappa shape index (κ1) is 14.4. The molecule has 20 heavy (non-hydrogen) atoms. The summed E-state index contributed by atoms with van der Waals surface area (Å²) in [6.45, 7) is 2.01. The van der Waals surface area contributed by atoms with Crippen LogP contribution in [0.4, 0.5) is 15.8 Å². The topological polar surface area (TPSA) is 55.1 Å². The maximum absolute atomic E-state index is 13.0. The number of amides is 1. The predicted octanol–water partition coefficient (Wildman–Crippen LogP) is 3.45. The number of aryl methyl sites for hydroxylation is 1. The normalized spacial score (nSPS) is 10.3. The summed E-state index contributed by atoms with van der Waals surface area (Å²) >= 11 is 1.45. The maximum Gasteiger partial charge on any atom is 0.234 e. The molecular weight excluding hydrogens is 275 g/mol. The summed E-state index contributed by atoms with van der Waals surface area (Å²) < 4.78 is 13.0. The van der Waals surface area contributed by atoms with Gasteiger partial charge in [-0.05, 0) is 37.3 Å². The van der Waals surface area contributed by atoms with Gasteiger partial charge in [-0.25, -0.2) is 4.39 Å². The summed E-state index contributed by atoms with van der Waals surface area (Å²) in [5, 5.41) is 2.69. The van der Waals surface area contributed by atoms with Crippen molar-refractivity contribution in [3.63, 3.8) is 0 Å². The van der Waals surface area contributed by atoms with Crippen LogP contribution in [0.2, 0.25) is 0 Å². The van der Waals surface area contributed by atoms with E-state index in [2.05, 4.69) is 5.32 Å². The molecule has 104 valence electrons. The van der Waals surface area contributed by atoms with Crippen LogP contribution in [0.5, 0.6) is 0 Å². The highest BCUT2D eigenvalue weighted by Crippen LogP contribution is 2.20. The van der Waals surface area contributed by atoms with Gasteiger partial charge in [0.15, 0.2) is 0 Å². The lowest BCUT2D eigenvalue weighted by Gasteiger charge is -2.06. The first-order chi connectivity index (χ1) is 9.54. The molecule has 0 fully saturated rings. The Balaban J connectivity index is 1.89. The van der Waals surface area contributed by atoms with Crippen LogP contribution >= 0.6 is 11.8 Å². The monoisotopic (exact) mass is 290 g/mol. The Bertz CT molecular complexity index is 614. The van der Waals surface area contributed by atoms with Gasteiger partial charge in [-0.3, -0.25) is 4.79 Å². The van der Waals surface area contributed by atoms with Crippen molar-refractivity contribution in [3.8, 4) is 0 Å². The van der Waals surface area contributed by atoms with Gasteiger partial charge in [0.1, 0.15) is 5.82 Å². The molecule has 0 unspecified atom stereocenters. The van der Waals surface area contributed by atoms with Crippen molar-refractivity contribution < 1.29 is 9.18 Å². The fourth-order valence-electron chi connectivity index (χ4n) is 1.60. The molecule has 0 aliphatic carbocycles. The van der Waals surface area contributed by atoms with Gasteiger partial charge in [-0.2, -0.15) is 0 Å². The average Bonchev–Trinajstić information content (AvgIpc) is 2.42. The molecule has 0 aromatic heterocycles. The van der Waals surface area contributed by atoms with E-state index in [9.17, 15) is 9.18 Å². The summed E-state index contributed by atoms with van der Waals surface area (Å²) in [4.78, 5) is 12.8. The molecule has 2 rings (SSSR count). The molecular formula is C15H15FN2OS. The van der Waals surface area contributed by atoms with E-state index in [1.54, 1.807) is 0 Å². The molecule has 3 nitrogen and oxygen atoms in total. The molecule has 0 aliphatic rings. The lowest BCUT2D eigenvalue weighted by molar-refractivity contribution is -0.113. The zero-order valence-electron chi connectivity index (χ0n) is 11.0. The second-order valence-electron chi connectivity index (χ2n) is 4.39. The second-order valence-corrected chi connectivity index (χ2v) is 5.43. The van der Waals surface area contributed by atoms with Crippen molar-refractivity contribution >= 4 is 29.0 Å². The lowest BCUT2D eigenvalue weighted by Crippen LogP contribution is -2.14. The van der Waals surface area contributed by atoms with Crippen molar-refractivity contribution in [2.75, 3.05) is 16.8 Å². The second kappa shape index (κ2) is 6.43. The Morgan fingerprint density at radius 2 is 1.95 bits per heavy atom. The first-order valence-corrected chi connectivity index (χ1v) is 7.07. The zero-order valence-corrected chi connectivity index (χ0v) is 11.8. The molecule has 0 saturated carbocycles. The first-order valence-electron chi connectivity index (χ1n) is 6.09. The number of nitrogens with one attached hydrogen (secondary N) is 1. The molecule has 5 heteroatoms. The molecule has 0 aliphatic heterocycles. The van der Waals surface area contributed by atoms with Crippen LogP contribution in [0, 0.1) is 12.7 Å². The minimum absolute atomic E-state index is 0.0222. The number of halogens is 1. The highest BCUT2D eigenvalue weighted by Gasteiger charge is 2.05. The van der Waals surface area contributed by atoms with E-state index in [1.165, 1.54) is 35.5 Å². The summed E-state index contributed by atoms with van der Waals surface area (Å²) in [5.74, 6) is -0.348. The van der Waals surface area contributed by atoms with Crippen molar-refractivity contribution in [1.82, 2.24) is 0 Å². The minimum atomic E-state index is -0.489. The van der Waals surface area contributed by atoms with Crippen LogP contribution in [0.25, 0.3) is 0 Å². The van der Waals surface area contributed by atoms with Gasteiger partial charge in [0.05, 0.1) is 11.4 Å². The SMILES string of the molecule is Cc1ccc(SCC(=O)Nc2ccc(F)c(N)c2)cc1. The van der Waals surface area contributed by atoms with E-state index < -0.39 is 5.82 Å². The summed E-state index contributed by atoms with van der Waals surface area (Å²) in [6.07, 6.45) is 0. The number of thioether (sulfide) groups is 1. The van der Waals surface area contributed by atoms with Crippen molar-refractivity contribution in [1.29, 1.82) is 0 Å². The largest absolute Gasteiger partial charge is 0.396 e. The van der Waals surface area contributed by atoms with Crippen LogP contribution in [0.1, 0.15) is 5.56 Å². The standard InChI is InChI=1S/C15H15FN2OS/c1-10-2-5-12(6-3-10)20-9-15(19)18-11-4-7-13(16)14(17)8-11/h2-8H,9,17H2,1H3,(H,18,19). The van der Waals surface area contributed by atoms with E-state index in [-0.39, 0.29) is 11.6 Å². The number of nitrogens with two attached hydrogens (primary N) is 1. The van der Waals surface area contributed by atoms with Crippen molar-refractivity contribution in [2.24, 2.45) is 0 Å². The molecule has 1 amide bonds. The maximum atomic E-state index is 13.0. The number of hydrogen-bond acceptors (Lipinski definition) is 3. The number of rotatable bonds is 4. The molecule has 0 saturated heterocycles. The Hall–Kier alpha value is -2.01. The molecule has 3 N–H and O–H groups in total. The van der Waals surface area contributed by atoms with Crippen LogP contribution in [-0.2, 0) is 4.79 Å². The molecule has 0 radical (unpaired) electrons. The highest BCUT2D eigenvalue weighted by atomic mass is 32.2. The van der Waals surface area contributed by atoms with Gasteiger partial charge in [0, 0.05) is 10.6 Å². The Morgan fingerprint density at radius 3 is 2.60 bits per heavy atom. The van der Waals surface area contributed by atoms with E-state index in [1.807, 2.05) is 31.2 Å². The zero-order chi connectivity index (χ0) is 14.5. The fourth-order valence-corrected chi connectivity index (χ4v) is 2.30. The van der Waals surface area contributed by atoms with E-state index in [4.69, 9.17) is 5.73 Å². The number of hydrogen-bond donors (Lipinski definition) is 2. The summed E-state index contributed by atoms with van der Waals surface area (Å²) in [6, 6.07) is 12.1. The molecule has 2 aromatic rings. The van der Waals surface area contributed by atoms with Gasteiger partial charge in [-0.1, -0.05) is 17.7 Å². The molecule has 0 spiro atoms. The molecule has 0 bridgehead atoms. The highest BCUT2D eigenvalue weighted by molar-refractivity contribution is 8.00. The summed E-state index contributed by atoms with van der Waals surface area (Å²) in [5.41, 5.74) is 7.15. The number of carbonyl (C=O) groups excluding carboxylic acids is 1. The Labute approximate surface area is 121 Å². The van der Waals surface area contributed by atoms with Crippen molar-refractivity contribution in [2.45, 2.75) is 11.8 Å². The minimum Gasteiger partial charge on any atom is -0.396 e. The van der Waals surface area contributed by atoms with Crippen LogP contribution in [0.15, 0.2) is 47.4 Å². The Kier molecular flexibility index (Phi) is 4.63. The van der Waals surface area contributed by atoms with Crippen LogP contribution in [0.3, 0.4) is 0 Å². The van der Waals surface area contributed by atoms with E-state index in [0.29, 0.717) is 11.4 Å². The number of carbonyl (C=O) groups is 1. The average molecular weight is 290 g/mol. The third-order valence-electron chi connectivity index (χ3n) is 2.67. The molecule has 0 atom stereocenters. The third-order valence-corrected chi connectivity index (χ3v) is 3.68. The smallest absolute Gasteiger partial charge is 0.234 e. The number of benzene rings is 2. The fraction of sp³-hybridized carbons (Fsp3) is 0.133. The Morgan fingerprint density at radius 1 is 1.25 bits per heavy atom. The number of anilines is 2. The molecule has 2 aromatic carbocycles. The quantitative estimate of drug-likeness (QED) is 0.670. The third kappa shape index (κ3) is 3.99. The predicted molar refractivity (Wildman–Crippen MR) is 81.3 cm³/mol.